The predicted molar refractivity (Wildman–Crippen MR) is 111 cm³/mol. The highest BCUT2D eigenvalue weighted by Gasteiger charge is 2.29. The van der Waals surface area contributed by atoms with E-state index in [1.807, 2.05) is 0 Å². The number of aromatic nitrogens is 3. The van der Waals surface area contributed by atoms with Crippen LogP contribution >= 0.6 is 11.6 Å². The molecule has 0 radical (unpaired) electrons. The fourth-order valence-corrected chi connectivity index (χ4v) is 3.62. The molecular weight excluding hydrogens is 410 g/mol. The fourth-order valence-electron chi connectivity index (χ4n) is 3.46. The van der Waals surface area contributed by atoms with Crippen molar-refractivity contribution in [2.45, 2.75) is 12.3 Å². The van der Waals surface area contributed by atoms with Gasteiger partial charge in [-0.2, -0.15) is 4.98 Å². The Morgan fingerprint density at radius 1 is 1.27 bits per heavy atom. The van der Waals surface area contributed by atoms with Crippen molar-refractivity contribution in [3.05, 3.63) is 85.5 Å². The summed E-state index contributed by atoms with van der Waals surface area (Å²) in [6.45, 7) is 0. The summed E-state index contributed by atoms with van der Waals surface area (Å²) in [6.07, 6.45) is 1.02. The standard InChI is InChI=1S/C21H16ClN3O5/c1-30-17(26)9-13(14-8-11-4-2-3-5-15(11)23-19(14)27)18-20(28)24-16-7-6-12(22)10-25(16)21(18)29/h2-8,10,13,28H,9H2,1H3,(H,23,27)/t13-/m1/s1. The molecule has 0 aliphatic rings. The number of methoxy groups -OCH3 is 1. The maximum absolute atomic E-state index is 13.2. The number of H-pyrrole nitrogens is 1. The fraction of sp³-hybridized carbons (Fsp3) is 0.143. The zero-order valence-corrected chi connectivity index (χ0v) is 16.5. The Morgan fingerprint density at radius 2 is 2.03 bits per heavy atom. The van der Waals surface area contributed by atoms with E-state index in [0.717, 1.165) is 4.40 Å². The zero-order valence-electron chi connectivity index (χ0n) is 15.8. The van der Waals surface area contributed by atoms with Crippen molar-refractivity contribution in [3.8, 4) is 5.88 Å². The molecule has 8 nitrogen and oxygen atoms in total. The van der Waals surface area contributed by atoms with Gasteiger partial charge in [0.05, 0.1) is 24.1 Å². The van der Waals surface area contributed by atoms with Crippen molar-refractivity contribution >= 4 is 34.1 Å². The summed E-state index contributed by atoms with van der Waals surface area (Å²) in [5.41, 5.74) is -0.405. The molecule has 3 heterocycles. The van der Waals surface area contributed by atoms with Gasteiger partial charge in [-0.05, 0) is 29.7 Å². The number of halogens is 1. The van der Waals surface area contributed by atoms with Gasteiger partial charge in [-0.3, -0.25) is 18.8 Å². The van der Waals surface area contributed by atoms with Crippen molar-refractivity contribution in [2.24, 2.45) is 0 Å². The van der Waals surface area contributed by atoms with Crippen LogP contribution in [0.3, 0.4) is 0 Å². The van der Waals surface area contributed by atoms with Gasteiger partial charge in [0.25, 0.3) is 11.1 Å². The second-order valence-electron chi connectivity index (χ2n) is 6.70. The Hall–Kier alpha value is -3.65. The smallest absolute Gasteiger partial charge is 0.306 e. The third-order valence-corrected chi connectivity index (χ3v) is 5.13. The van der Waals surface area contributed by atoms with E-state index in [2.05, 4.69) is 9.97 Å². The van der Waals surface area contributed by atoms with Gasteiger partial charge in [0.2, 0.25) is 5.88 Å². The van der Waals surface area contributed by atoms with E-state index < -0.39 is 28.9 Å². The SMILES string of the molecule is COC(=O)C[C@H](c1cc2ccccc2[nH]c1=O)c1c(O)nc2ccc(Cl)cn2c1=O. The number of fused-ring (bicyclic) bond motifs is 2. The van der Waals surface area contributed by atoms with Gasteiger partial charge in [-0.1, -0.05) is 29.8 Å². The highest BCUT2D eigenvalue weighted by atomic mass is 35.5. The number of aromatic hydroxyl groups is 1. The van der Waals surface area contributed by atoms with Crippen LogP contribution in [0.2, 0.25) is 5.02 Å². The molecule has 152 valence electrons. The molecule has 4 rings (SSSR count). The highest BCUT2D eigenvalue weighted by Crippen LogP contribution is 2.30. The van der Waals surface area contributed by atoms with Gasteiger partial charge in [0.15, 0.2) is 0 Å². The maximum Gasteiger partial charge on any atom is 0.306 e. The summed E-state index contributed by atoms with van der Waals surface area (Å²) < 4.78 is 5.92. The van der Waals surface area contributed by atoms with Gasteiger partial charge in [0.1, 0.15) is 5.65 Å². The van der Waals surface area contributed by atoms with Crippen LogP contribution in [-0.4, -0.2) is 32.6 Å². The molecule has 0 saturated carbocycles. The van der Waals surface area contributed by atoms with E-state index >= 15 is 0 Å². The molecule has 9 heteroatoms. The number of esters is 1. The van der Waals surface area contributed by atoms with E-state index in [9.17, 15) is 19.5 Å². The minimum atomic E-state index is -1.08. The lowest BCUT2D eigenvalue weighted by atomic mass is 9.89. The third kappa shape index (κ3) is 3.42. The van der Waals surface area contributed by atoms with E-state index in [0.29, 0.717) is 10.9 Å². The first-order valence-electron chi connectivity index (χ1n) is 8.98. The number of hydrogen-bond acceptors (Lipinski definition) is 6. The van der Waals surface area contributed by atoms with Gasteiger partial charge in [-0.15, -0.1) is 0 Å². The lowest BCUT2D eigenvalue weighted by Gasteiger charge is -2.17. The quantitative estimate of drug-likeness (QED) is 0.486. The average molecular weight is 426 g/mol. The van der Waals surface area contributed by atoms with E-state index in [1.165, 1.54) is 25.4 Å². The van der Waals surface area contributed by atoms with Crippen LogP contribution in [0.15, 0.2) is 58.3 Å². The number of hydrogen-bond donors (Lipinski definition) is 2. The number of carbonyl (C=O) groups excluding carboxylic acids is 1. The number of aromatic amines is 1. The molecule has 0 fully saturated rings. The Kier molecular flexibility index (Phi) is 5.01. The summed E-state index contributed by atoms with van der Waals surface area (Å²) in [4.78, 5) is 44.9. The first-order chi connectivity index (χ1) is 14.4. The van der Waals surface area contributed by atoms with Gasteiger partial charge >= 0.3 is 5.97 Å². The van der Waals surface area contributed by atoms with Crippen LogP contribution in [0, 0.1) is 0 Å². The molecule has 0 spiro atoms. The number of benzene rings is 1. The van der Waals surface area contributed by atoms with Crippen LogP contribution in [0.25, 0.3) is 16.6 Å². The first kappa shape index (κ1) is 19.7. The van der Waals surface area contributed by atoms with Crippen molar-refractivity contribution in [3.63, 3.8) is 0 Å². The average Bonchev–Trinajstić information content (AvgIpc) is 2.73. The Bertz CT molecular complexity index is 1410. The summed E-state index contributed by atoms with van der Waals surface area (Å²) >= 11 is 6.00. The van der Waals surface area contributed by atoms with E-state index in [-0.39, 0.29) is 28.2 Å². The second-order valence-corrected chi connectivity index (χ2v) is 7.14. The van der Waals surface area contributed by atoms with Crippen LogP contribution < -0.4 is 11.1 Å². The molecule has 1 aromatic carbocycles. The van der Waals surface area contributed by atoms with Crippen molar-refractivity contribution in [1.29, 1.82) is 0 Å². The molecule has 0 aliphatic carbocycles. The minimum absolute atomic E-state index is 0.135. The Morgan fingerprint density at radius 3 is 2.80 bits per heavy atom. The zero-order chi connectivity index (χ0) is 21.4. The van der Waals surface area contributed by atoms with Crippen molar-refractivity contribution < 1.29 is 14.6 Å². The van der Waals surface area contributed by atoms with E-state index in [4.69, 9.17) is 16.3 Å². The number of ether oxygens (including phenoxy) is 1. The Labute approximate surface area is 174 Å². The Balaban J connectivity index is 2.02. The molecule has 4 aromatic rings. The summed E-state index contributed by atoms with van der Waals surface area (Å²) in [6, 6.07) is 11.7. The first-order valence-corrected chi connectivity index (χ1v) is 9.36. The maximum atomic E-state index is 13.2. The number of nitrogens with zero attached hydrogens (tertiary/aromatic N) is 2. The predicted octanol–water partition coefficient (Wildman–Crippen LogP) is 2.59. The molecular formula is C21H16ClN3O5. The largest absolute Gasteiger partial charge is 0.493 e. The monoisotopic (exact) mass is 425 g/mol. The molecule has 0 bridgehead atoms. The molecule has 0 aliphatic heterocycles. The highest BCUT2D eigenvalue weighted by molar-refractivity contribution is 6.30. The van der Waals surface area contributed by atoms with Crippen LogP contribution in [0.4, 0.5) is 0 Å². The second kappa shape index (κ2) is 7.64. The van der Waals surface area contributed by atoms with Crippen LogP contribution in [-0.2, 0) is 9.53 Å². The van der Waals surface area contributed by atoms with E-state index in [1.54, 1.807) is 30.3 Å². The number of pyridine rings is 2. The third-order valence-electron chi connectivity index (χ3n) is 4.91. The van der Waals surface area contributed by atoms with Crippen molar-refractivity contribution in [1.82, 2.24) is 14.4 Å². The lowest BCUT2D eigenvalue weighted by Crippen LogP contribution is -2.27. The molecule has 1 atom stereocenters. The number of carbonyl (C=O) groups is 1. The number of rotatable bonds is 4. The van der Waals surface area contributed by atoms with Gasteiger partial charge < -0.3 is 14.8 Å². The summed E-state index contributed by atoms with van der Waals surface area (Å²) in [7, 11) is 1.20. The van der Waals surface area contributed by atoms with Crippen LogP contribution in [0.5, 0.6) is 5.88 Å². The summed E-state index contributed by atoms with van der Waals surface area (Å²) in [5.74, 6) is -2.30. The minimum Gasteiger partial charge on any atom is -0.493 e. The molecule has 3 aromatic heterocycles. The number of para-hydroxylation sites is 1. The molecule has 2 N–H and O–H groups in total. The molecule has 0 unspecified atom stereocenters. The molecule has 0 saturated heterocycles. The summed E-state index contributed by atoms with van der Waals surface area (Å²) in [5, 5.41) is 11.6. The topological polar surface area (TPSA) is 114 Å². The normalized spacial score (nSPS) is 12.2. The van der Waals surface area contributed by atoms with Gasteiger partial charge in [-0.25, -0.2) is 0 Å². The number of nitrogens with one attached hydrogen (secondary N) is 1. The van der Waals surface area contributed by atoms with Crippen LogP contribution in [0.1, 0.15) is 23.5 Å². The van der Waals surface area contributed by atoms with Gasteiger partial charge in [0, 0.05) is 23.2 Å². The molecule has 0 amide bonds. The lowest BCUT2D eigenvalue weighted by molar-refractivity contribution is -0.140. The molecule has 30 heavy (non-hydrogen) atoms. The van der Waals surface area contributed by atoms with Crippen molar-refractivity contribution in [2.75, 3.05) is 7.11 Å².